The van der Waals surface area contributed by atoms with Crippen molar-refractivity contribution in [3.05, 3.63) is 70.1 Å². The van der Waals surface area contributed by atoms with Crippen molar-refractivity contribution in [2.45, 2.75) is 32.7 Å². The summed E-state index contributed by atoms with van der Waals surface area (Å²) >= 11 is 0. The van der Waals surface area contributed by atoms with Crippen LogP contribution < -0.4 is 11.0 Å². The average Bonchev–Trinajstić information content (AvgIpc) is 2.92. The number of aromatic amines is 1. The number of imidazole rings is 1. The zero-order valence-corrected chi connectivity index (χ0v) is 14.4. The van der Waals surface area contributed by atoms with Gasteiger partial charge < -0.3 is 10.3 Å². The van der Waals surface area contributed by atoms with E-state index in [1.165, 1.54) is 11.1 Å². The molecule has 0 aliphatic rings. The number of carbonyl (C=O) groups excluding carboxylic acids is 1. The van der Waals surface area contributed by atoms with Gasteiger partial charge in [0.05, 0.1) is 11.0 Å². The van der Waals surface area contributed by atoms with Crippen molar-refractivity contribution in [2.24, 2.45) is 0 Å². The van der Waals surface area contributed by atoms with Gasteiger partial charge in [-0.1, -0.05) is 42.0 Å². The molecule has 0 aliphatic carbocycles. The van der Waals surface area contributed by atoms with Crippen molar-refractivity contribution in [3.63, 3.8) is 0 Å². The highest BCUT2D eigenvalue weighted by Gasteiger charge is 2.06. The molecule has 25 heavy (non-hydrogen) atoms. The van der Waals surface area contributed by atoms with Crippen molar-refractivity contribution in [1.82, 2.24) is 14.9 Å². The Morgan fingerprint density at radius 1 is 1.12 bits per heavy atom. The van der Waals surface area contributed by atoms with Crippen LogP contribution in [0.5, 0.6) is 0 Å². The van der Waals surface area contributed by atoms with Crippen LogP contribution in [-0.4, -0.2) is 22.0 Å². The first-order valence-electron chi connectivity index (χ1n) is 8.63. The number of H-pyrrole nitrogens is 1. The lowest BCUT2D eigenvalue weighted by Gasteiger charge is -2.07. The highest BCUT2D eigenvalue weighted by atomic mass is 16.2. The molecule has 1 aromatic heterocycles. The highest BCUT2D eigenvalue weighted by Crippen LogP contribution is 2.09. The highest BCUT2D eigenvalue weighted by molar-refractivity contribution is 5.76. The van der Waals surface area contributed by atoms with Crippen molar-refractivity contribution in [2.75, 3.05) is 6.54 Å². The molecule has 130 valence electrons. The molecule has 0 saturated heterocycles. The molecule has 0 unspecified atom stereocenters. The first kappa shape index (κ1) is 17.0. The Morgan fingerprint density at radius 2 is 1.88 bits per heavy atom. The second-order valence-electron chi connectivity index (χ2n) is 6.29. The number of aromatic nitrogens is 2. The van der Waals surface area contributed by atoms with Crippen molar-refractivity contribution in [3.8, 4) is 0 Å². The van der Waals surface area contributed by atoms with Crippen LogP contribution in [0.15, 0.2) is 53.3 Å². The fourth-order valence-corrected chi connectivity index (χ4v) is 2.93. The van der Waals surface area contributed by atoms with E-state index >= 15 is 0 Å². The molecule has 0 fully saturated rings. The number of fused-ring (bicyclic) bond motifs is 1. The number of benzene rings is 2. The van der Waals surface area contributed by atoms with Gasteiger partial charge in [0.25, 0.3) is 0 Å². The average molecular weight is 337 g/mol. The molecule has 0 bridgehead atoms. The number of hydrogen-bond donors (Lipinski definition) is 2. The summed E-state index contributed by atoms with van der Waals surface area (Å²) in [5.41, 5.74) is 4.03. The maximum Gasteiger partial charge on any atom is 0.326 e. The predicted molar refractivity (Wildman–Crippen MR) is 99.7 cm³/mol. The molecular weight excluding hydrogens is 314 g/mol. The van der Waals surface area contributed by atoms with E-state index in [1.807, 2.05) is 24.3 Å². The first-order valence-corrected chi connectivity index (χ1v) is 8.63. The molecule has 1 heterocycles. The van der Waals surface area contributed by atoms with Gasteiger partial charge in [-0.15, -0.1) is 0 Å². The Labute approximate surface area is 146 Å². The topological polar surface area (TPSA) is 66.9 Å². The van der Waals surface area contributed by atoms with Gasteiger partial charge >= 0.3 is 5.69 Å². The molecule has 5 heteroatoms. The molecule has 5 nitrogen and oxygen atoms in total. The summed E-state index contributed by atoms with van der Waals surface area (Å²) in [6.45, 7) is 2.98. The molecule has 0 saturated carbocycles. The molecule has 1 amide bonds. The fourth-order valence-electron chi connectivity index (χ4n) is 2.93. The van der Waals surface area contributed by atoms with Gasteiger partial charge in [0.1, 0.15) is 0 Å². The fraction of sp³-hybridized carbons (Fsp3) is 0.300. The smallest absolute Gasteiger partial charge is 0.326 e. The lowest BCUT2D eigenvalue weighted by Crippen LogP contribution is -2.29. The van der Waals surface area contributed by atoms with Crippen LogP contribution in [0.4, 0.5) is 0 Å². The van der Waals surface area contributed by atoms with Gasteiger partial charge in [0.2, 0.25) is 5.91 Å². The van der Waals surface area contributed by atoms with Crippen LogP contribution in [0, 0.1) is 6.92 Å². The monoisotopic (exact) mass is 337 g/mol. The summed E-state index contributed by atoms with van der Waals surface area (Å²) in [4.78, 5) is 26.7. The lowest BCUT2D eigenvalue weighted by molar-refractivity contribution is -0.121. The Hall–Kier alpha value is -2.82. The number of aryl methyl sites for hydroxylation is 2. The third-order valence-corrected chi connectivity index (χ3v) is 4.33. The zero-order valence-electron chi connectivity index (χ0n) is 14.4. The zero-order chi connectivity index (χ0) is 17.6. The third-order valence-electron chi connectivity index (χ3n) is 4.33. The van der Waals surface area contributed by atoms with Gasteiger partial charge in [-0.05, 0) is 37.5 Å². The van der Waals surface area contributed by atoms with E-state index in [4.69, 9.17) is 0 Å². The van der Waals surface area contributed by atoms with E-state index < -0.39 is 0 Å². The van der Waals surface area contributed by atoms with Gasteiger partial charge in [0, 0.05) is 19.5 Å². The minimum atomic E-state index is -0.144. The Balaban J connectivity index is 1.44. The van der Waals surface area contributed by atoms with Crippen LogP contribution >= 0.6 is 0 Å². The van der Waals surface area contributed by atoms with Gasteiger partial charge in [-0.25, -0.2) is 4.79 Å². The number of amides is 1. The Bertz CT molecular complexity index is 907. The lowest BCUT2D eigenvalue weighted by atomic mass is 10.1. The normalized spacial score (nSPS) is 10.9. The molecule has 3 aromatic rings. The second-order valence-corrected chi connectivity index (χ2v) is 6.29. The Morgan fingerprint density at radius 3 is 2.68 bits per heavy atom. The van der Waals surface area contributed by atoms with Gasteiger partial charge in [0.15, 0.2) is 0 Å². The van der Waals surface area contributed by atoms with E-state index in [-0.39, 0.29) is 11.6 Å². The van der Waals surface area contributed by atoms with Gasteiger partial charge in [-0.3, -0.25) is 9.36 Å². The summed E-state index contributed by atoms with van der Waals surface area (Å²) in [6, 6.07) is 16.0. The molecule has 3 rings (SSSR count). The standard InChI is InChI=1S/C20H23N3O2/c1-15-9-11-16(12-10-15)5-4-8-19(24)21-13-14-23-18-7-3-2-6-17(18)22-20(23)25/h2-3,6-7,9-12H,4-5,8,13-14H2,1H3,(H,21,24)(H,22,25). The van der Waals surface area contributed by atoms with Crippen molar-refractivity contribution >= 4 is 16.9 Å². The van der Waals surface area contributed by atoms with E-state index in [0.29, 0.717) is 19.5 Å². The van der Waals surface area contributed by atoms with E-state index in [1.54, 1.807) is 4.57 Å². The maximum atomic E-state index is 12.0. The van der Waals surface area contributed by atoms with Crippen molar-refractivity contribution in [1.29, 1.82) is 0 Å². The van der Waals surface area contributed by atoms with Crippen LogP contribution in [0.2, 0.25) is 0 Å². The van der Waals surface area contributed by atoms with E-state index in [0.717, 1.165) is 23.9 Å². The summed E-state index contributed by atoms with van der Waals surface area (Å²) in [6.07, 6.45) is 2.22. The Kier molecular flexibility index (Phi) is 5.33. The van der Waals surface area contributed by atoms with Crippen LogP contribution in [0.25, 0.3) is 11.0 Å². The molecule has 2 N–H and O–H groups in total. The predicted octanol–water partition coefficient (Wildman–Crippen LogP) is 2.78. The molecule has 0 atom stereocenters. The summed E-state index contributed by atoms with van der Waals surface area (Å²) < 4.78 is 1.65. The number of para-hydroxylation sites is 2. The minimum absolute atomic E-state index is 0.0278. The van der Waals surface area contributed by atoms with Crippen LogP contribution in [-0.2, 0) is 17.8 Å². The molecule has 0 spiro atoms. The number of rotatable bonds is 7. The van der Waals surface area contributed by atoms with E-state index in [9.17, 15) is 9.59 Å². The third kappa shape index (κ3) is 4.38. The number of carbonyl (C=O) groups is 1. The summed E-state index contributed by atoms with van der Waals surface area (Å²) in [5.74, 6) is 0.0278. The second kappa shape index (κ2) is 7.83. The largest absolute Gasteiger partial charge is 0.354 e. The van der Waals surface area contributed by atoms with Crippen LogP contribution in [0.3, 0.4) is 0 Å². The van der Waals surface area contributed by atoms with Crippen LogP contribution in [0.1, 0.15) is 24.0 Å². The molecule has 0 radical (unpaired) electrons. The number of nitrogens with zero attached hydrogens (tertiary/aromatic N) is 1. The van der Waals surface area contributed by atoms with E-state index in [2.05, 4.69) is 41.5 Å². The molecular formula is C20H23N3O2. The maximum absolute atomic E-state index is 12.0. The van der Waals surface area contributed by atoms with Crippen molar-refractivity contribution < 1.29 is 4.79 Å². The number of hydrogen-bond acceptors (Lipinski definition) is 2. The quantitative estimate of drug-likeness (QED) is 0.696. The molecule has 2 aromatic carbocycles. The SMILES string of the molecule is Cc1ccc(CCCC(=O)NCCn2c(=O)[nH]c3ccccc32)cc1. The van der Waals surface area contributed by atoms with Gasteiger partial charge in [-0.2, -0.15) is 0 Å². The summed E-state index contributed by atoms with van der Waals surface area (Å²) in [7, 11) is 0. The number of nitrogens with one attached hydrogen (secondary N) is 2. The molecule has 0 aliphatic heterocycles. The first-order chi connectivity index (χ1) is 12.1. The summed E-state index contributed by atoms with van der Waals surface area (Å²) in [5, 5.41) is 2.90. The minimum Gasteiger partial charge on any atom is -0.354 e.